The quantitative estimate of drug-likeness (QED) is 0.487. The summed E-state index contributed by atoms with van der Waals surface area (Å²) in [6.45, 7) is 2.40. The normalized spacial score (nSPS) is 20.5. The molecule has 6 rings (SSSR count). The molecule has 2 amide bonds. The number of anilines is 1. The van der Waals surface area contributed by atoms with Crippen LogP contribution < -0.4 is 4.90 Å². The molecular weight excluding hydrogens is 512 g/mol. The fourth-order valence-electron chi connectivity index (χ4n) is 5.19. The van der Waals surface area contributed by atoms with Crippen LogP contribution in [-0.2, 0) is 26.8 Å². The van der Waals surface area contributed by atoms with Crippen molar-refractivity contribution in [3.05, 3.63) is 88.4 Å². The summed E-state index contributed by atoms with van der Waals surface area (Å²) in [5.74, 6) is -0.992. The van der Waals surface area contributed by atoms with Crippen LogP contribution in [-0.4, -0.2) is 53.0 Å². The van der Waals surface area contributed by atoms with E-state index in [0.717, 1.165) is 5.56 Å². The van der Waals surface area contributed by atoms with E-state index in [9.17, 15) is 13.8 Å². The Bertz CT molecular complexity index is 1410. The maximum atomic E-state index is 13.8. The van der Waals surface area contributed by atoms with Crippen molar-refractivity contribution in [1.82, 2.24) is 4.90 Å². The molecule has 3 heterocycles. The average Bonchev–Trinajstić information content (AvgIpc) is 3.35. The van der Waals surface area contributed by atoms with Gasteiger partial charge in [-0.2, -0.15) is 0 Å². The second-order valence-electron chi connectivity index (χ2n) is 9.37. The summed E-state index contributed by atoms with van der Waals surface area (Å²) in [6.07, 6.45) is 1.23. The first-order valence-corrected chi connectivity index (χ1v) is 13.8. The number of carbonyl (C=O) groups excluding carboxylic acids is 2. The molecule has 0 aliphatic carbocycles. The highest BCUT2D eigenvalue weighted by molar-refractivity contribution is 7.85. The van der Waals surface area contributed by atoms with E-state index >= 15 is 0 Å². The molecule has 3 aliphatic rings. The Morgan fingerprint density at radius 2 is 1.70 bits per heavy atom. The third-order valence-electron chi connectivity index (χ3n) is 7.11. The summed E-state index contributed by atoms with van der Waals surface area (Å²) in [4.78, 5) is 31.6. The Hall–Kier alpha value is -3.04. The van der Waals surface area contributed by atoms with Crippen LogP contribution in [0.2, 0.25) is 5.02 Å². The van der Waals surface area contributed by atoms with Gasteiger partial charge < -0.3 is 19.3 Å². The van der Waals surface area contributed by atoms with Gasteiger partial charge in [-0.05, 0) is 48.0 Å². The maximum absolute atomic E-state index is 13.8. The number of likely N-dealkylation sites (tertiary alicyclic amines) is 1. The molecule has 2 fully saturated rings. The van der Waals surface area contributed by atoms with Crippen LogP contribution >= 0.6 is 11.6 Å². The maximum Gasteiger partial charge on any atom is 0.259 e. The standard InChI is InChI=1S/C28H25ClN2O5S/c29-21-5-3-4-19(16-21)18-31-23-17-20(26(32)30-12-10-28(11-13-30)35-14-15-36-28)8-9-25(23)37(34)24-7-2-1-6-22(24)27(31)33/h1-9,16-17H,10-15,18H2/t37-/m1/s1. The van der Waals surface area contributed by atoms with Crippen LogP contribution in [0.1, 0.15) is 39.1 Å². The van der Waals surface area contributed by atoms with Gasteiger partial charge in [0.2, 0.25) is 0 Å². The zero-order chi connectivity index (χ0) is 25.6. The molecule has 0 N–H and O–H groups in total. The van der Waals surface area contributed by atoms with Crippen molar-refractivity contribution < 1.29 is 23.3 Å². The van der Waals surface area contributed by atoms with E-state index in [1.165, 1.54) is 0 Å². The molecule has 0 bridgehead atoms. The lowest BCUT2D eigenvalue weighted by molar-refractivity contribution is -0.181. The fourth-order valence-corrected chi connectivity index (χ4v) is 6.75. The summed E-state index contributed by atoms with van der Waals surface area (Å²) in [6, 6.07) is 19.3. The van der Waals surface area contributed by atoms with E-state index in [4.69, 9.17) is 21.1 Å². The molecule has 0 aromatic heterocycles. The van der Waals surface area contributed by atoms with Gasteiger partial charge in [0.25, 0.3) is 11.8 Å². The van der Waals surface area contributed by atoms with Crippen molar-refractivity contribution in [1.29, 1.82) is 0 Å². The first kappa shape index (κ1) is 24.3. The molecule has 3 aliphatic heterocycles. The number of hydrogen-bond acceptors (Lipinski definition) is 5. The van der Waals surface area contributed by atoms with Crippen LogP contribution in [0.4, 0.5) is 5.69 Å². The Balaban J connectivity index is 1.37. The van der Waals surface area contributed by atoms with Gasteiger partial charge in [0.1, 0.15) is 0 Å². The van der Waals surface area contributed by atoms with E-state index in [-0.39, 0.29) is 18.4 Å². The first-order valence-electron chi connectivity index (χ1n) is 12.2. The number of piperidine rings is 1. The Morgan fingerprint density at radius 3 is 2.46 bits per heavy atom. The summed E-state index contributed by atoms with van der Waals surface area (Å²) >= 11 is 6.21. The smallest absolute Gasteiger partial charge is 0.259 e. The monoisotopic (exact) mass is 536 g/mol. The summed E-state index contributed by atoms with van der Waals surface area (Å²) < 4.78 is 25.2. The summed E-state index contributed by atoms with van der Waals surface area (Å²) in [5.41, 5.74) is 2.10. The minimum atomic E-state index is -1.59. The van der Waals surface area contributed by atoms with Gasteiger partial charge in [0, 0.05) is 36.5 Å². The number of nitrogens with zero attached hydrogens (tertiary/aromatic N) is 2. The molecule has 37 heavy (non-hydrogen) atoms. The number of rotatable bonds is 3. The molecule has 2 saturated heterocycles. The highest BCUT2D eigenvalue weighted by Gasteiger charge is 2.41. The lowest BCUT2D eigenvalue weighted by Crippen LogP contribution is -2.47. The molecule has 3 aromatic carbocycles. The number of ether oxygens (including phenoxy) is 2. The van der Waals surface area contributed by atoms with Crippen molar-refractivity contribution in [3.8, 4) is 0 Å². The Morgan fingerprint density at radius 1 is 0.946 bits per heavy atom. The number of fused-ring (bicyclic) bond motifs is 2. The van der Waals surface area contributed by atoms with Crippen molar-refractivity contribution in [2.24, 2.45) is 0 Å². The molecule has 190 valence electrons. The number of halogens is 1. The van der Waals surface area contributed by atoms with Gasteiger partial charge >= 0.3 is 0 Å². The predicted molar refractivity (Wildman–Crippen MR) is 139 cm³/mol. The molecule has 0 radical (unpaired) electrons. The topological polar surface area (TPSA) is 76.2 Å². The van der Waals surface area contributed by atoms with Crippen LogP contribution in [0, 0.1) is 0 Å². The zero-order valence-electron chi connectivity index (χ0n) is 20.0. The van der Waals surface area contributed by atoms with Crippen molar-refractivity contribution in [2.75, 3.05) is 31.2 Å². The molecule has 3 aromatic rings. The van der Waals surface area contributed by atoms with Gasteiger partial charge in [0.05, 0.1) is 51.6 Å². The SMILES string of the molecule is O=C(c1ccc2c(c1)N(Cc1cccc(Cl)c1)C(=O)c1ccccc1[S@]2=O)N1CCC2(CC1)OCCO2. The lowest BCUT2D eigenvalue weighted by Gasteiger charge is -2.37. The van der Waals surface area contributed by atoms with Crippen molar-refractivity contribution >= 4 is 39.9 Å². The highest BCUT2D eigenvalue weighted by atomic mass is 35.5. The van der Waals surface area contributed by atoms with E-state index < -0.39 is 16.6 Å². The minimum absolute atomic E-state index is 0.140. The number of benzene rings is 3. The van der Waals surface area contributed by atoms with Gasteiger partial charge in [-0.25, -0.2) is 4.21 Å². The second kappa shape index (κ2) is 9.68. The number of carbonyl (C=O) groups is 2. The highest BCUT2D eigenvalue weighted by Crippen LogP contribution is 2.37. The summed E-state index contributed by atoms with van der Waals surface area (Å²) in [5, 5.41) is 0.561. The Labute approximate surface area is 222 Å². The average molecular weight is 537 g/mol. The van der Waals surface area contributed by atoms with Crippen molar-refractivity contribution in [2.45, 2.75) is 35.0 Å². The Kier molecular flexibility index (Phi) is 6.36. The minimum Gasteiger partial charge on any atom is -0.347 e. The number of hydrogen-bond donors (Lipinski definition) is 0. The van der Waals surface area contributed by atoms with Gasteiger partial charge in [0.15, 0.2) is 5.79 Å². The van der Waals surface area contributed by atoms with Crippen LogP contribution in [0.5, 0.6) is 0 Å². The molecular formula is C28H25ClN2O5S. The van der Waals surface area contributed by atoms with E-state index in [1.54, 1.807) is 64.4 Å². The summed E-state index contributed by atoms with van der Waals surface area (Å²) in [7, 11) is -1.59. The van der Waals surface area contributed by atoms with E-state index in [2.05, 4.69) is 0 Å². The molecule has 1 atom stereocenters. The molecule has 7 nitrogen and oxygen atoms in total. The molecule has 0 unspecified atom stereocenters. The lowest BCUT2D eigenvalue weighted by atomic mass is 10.0. The van der Waals surface area contributed by atoms with Gasteiger partial charge in [-0.3, -0.25) is 9.59 Å². The third-order valence-corrected chi connectivity index (χ3v) is 8.85. The van der Waals surface area contributed by atoms with Gasteiger partial charge in [-0.1, -0.05) is 35.9 Å². The van der Waals surface area contributed by atoms with Gasteiger partial charge in [-0.15, -0.1) is 0 Å². The molecule has 9 heteroatoms. The molecule has 1 spiro atoms. The van der Waals surface area contributed by atoms with E-state index in [1.807, 2.05) is 12.1 Å². The van der Waals surface area contributed by atoms with E-state index in [0.29, 0.717) is 70.8 Å². The predicted octanol–water partition coefficient (Wildman–Crippen LogP) is 4.65. The fraction of sp³-hybridized carbons (Fsp3) is 0.286. The van der Waals surface area contributed by atoms with Crippen LogP contribution in [0.25, 0.3) is 0 Å². The third kappa shape index (κ3) is 4.48. The van der Waals surface area contributed by atoms with Crippen LogP contribution in [0.15, 0.2) is 76.5 Å². The zero-order valence-corrected chi connectivity index (χ0v) is 21.6. The largest absolute Gasteiger partial charge is 0.347 e. The van der Waals surface area contributed by atoms with Crippen LogP contribution in [0.3, 0.4) is 0 Å². The van der Waals surface area contributed by atoms with Crippen molar-refractivity contribution in [3.63, 3.8) is 0 Å². The first-order chi connectivity index (χ1) is 17.9. The number of amides is 2. The molecule has 0 saturated carbocycles. The second-order valence-corrected chi connectivity index (χ2v) is 11.2.